The monoisotopic (exact) mass is 514 g/mol. The van der Waals surface area contributed by atoms with Gasteiger partial charge in [0.15, 0.2) is 0 Å². The zero-order valence-corrected chi connectivity index (χ0v) is 21.0. The zero-order valence-electron chi connectivity index (χ0n) is 19.5. The minimum atomic E-state index is -0.269. The first-order chi connectivity index (χ1) is 16.9. The number of anilines is 1. The number of carbonyl (C=O) groups is 2. The van der Waals surface area contributed by atoms with E-state index in [-0.39, 0.29) is 12.5 Å². The van der Waals surface area contributed by atoms with Crippen LogP contribution in [0.1, 0.15) is 15.9 Å². The average molecular weight is 515 g/mol. The van der Waals surface area contributed by atoms with Crippen LogP contribution in [0, 0.1) is 6.92 Å². The number of aliphatic hydroxyl groups excluding tert-OH is 1. The molecule has 7 nitrogen and oxygen atoms in total. The van der Waals surface area contributed by atoms with Crippen molar-refractivity contribution in [3.05, 3.63) is 82.0 Å². The molecule has 1 aliphatic heterocycles. The van der Waals surface area contributed by atoms with Crippen LogP contribution in [0.2, 0.25) is 10.0 Å². The zero-order chi connectivity index (χ0) is 25.2. The molecule has 1 aliphatic rings. The molecule has 3 aromatic rings. The van der Waals surface area contributed by atoms with Crippen molar-refractivity contribution in [2.24, 2.45) is 0 Å². The number of carbonyl (C=O) groups excluding carboxylic acids is 2. The molecule has 2 amide bonds. The van der Waals surface area contributed by atoms with Gasteiger partial charge in [0, 0.05) is 50.2 Å². The van der Waals surface area contributed by atoms with E-state index in [9.17, 15) is 9.59 Å². The summed E-state index contributed by atoms with van der Waals surface area (Å²) in [4.78, 5) is 30.9. The number of nitrogens with zero attached hydrogens (tertiary/aromatic N) is 3. The number of nitrogens with one attached hydrogen (secondary N) is 1. The van der Waals surface area contributed by atoms with Crippen molar-refractivity contribution in [3.63, 3.8) is 0 Å². The summed E-state index contributed by atoms with van der Waals surface area (Å²) in [6.07, 6.45) is 2.58. The number of aryl methyl sites for hydroxylation is 1. The molecule has 1 aromatic heterocycles. The van der Waals surface area contributed by atoms with Crippen LogP contribution in [0.4, 0.5) is 5.69 Å². The Morgan fingerprint density at radius 2 is 1.83 bits per heavy atom. The largest absolute Gasteiger partial charge is 0.395 e. The number of aliphatic hydroxyl groups is 1. The highest BCUT2D eigenvalue weighted by atomic mass is 35.5. The molecule has 0 unspecified atom stereocenters. The quantitative estimate of drug-likeness (QED) is 0.477. The summed E-state index contributed by atoms with van der Waals surface area (Å²) in [7, 11) is 0. The third-order valence-electron chi connectivity index (χ3n) is 5.51. The first kappa shape index (κ1) is 26.6. The van der Waals surface area contributed by atoms with Gasteiger partial charge in [-0.25, -0.2) is 0 Å². The molecular formula is C26H28Cl2N4O3. The third kappa shape index (κ3) is 7.77. The lowest BCUT2D eigenvalue weighted by molar-refractivity contribution is -0.119. The molecule has 35 heavy (non-hydrogen) atoms. The Balaban J connectivity index is 0.000000261. The summed E-state index contributed by atoms with van der Waals surface area (Å²) in [5, 5.41) is 12.5. The highest BCUT2D eigenvalue weighted by Gasteiger charge is 2.14. The van der Waals surface area contributed by atoms with Crippen LogP contribution < -0.4 is 5.32 Å². The maximum atomic E-state index is 12.4. The Morgan fingerprint density at radius 3 is 2.46 bits per heavy atom. The van der Waals surface area contributed by atoms with Gasteiger partial charge in [-0.2, -0.15) is 0 Å². The van der Waals surface area contributed by atoms with E-state index < -0.39 is 0 Å². The Labute approximate surface area is 215 Å². The second kappa shape index (κ2) is 13.2. The first-order valence-electron chi connectivity index (χ1n) is 11.2. The molecule has 0 saturated carbocycles. The topological polar surface area (TPSA) is 85.8 Å². The van der Waals surface area contributed by atoms with Gasteiger partial charge >= 0.3 is 0 Å². The third-order valence-corrected chi connectivity index (χ3v) is 6.15. The van der Waals surface area contributed by atoms with Gasteiger partial charge < -0.3 is 15.3 Å². The number of β-amino-alcohol motifs (C(OH)–C–C–N with tert-alkyl or cyclic N) is 1. The van der Waals surface area contributed by atoms with Crippen LogP contribution in [-0.2, 0) is 4.79 Å². The highest BCUT2D eigenvalue weighted by molar-refractivity contribution is 6.34. The second-order valence-electron chi connectivity index (χ2n) is 8.05. The summed E-state index contributed by atoms with van der Waals surface area (Å²) in [6.45, 7) is 6.23. The molecule has 0 aliphatic carbocycles. The van der Waals surface area contributed by atoms with Crippen LogP contribution in [0.5, 0.6) is 0 Å². The number of pyridine rings is 1. The SMILES string of the molecule is Cc1ccc(C(=O)Nc2ccc(Cl)c(-c3ccccn3)c2)c(Cl)c1.O=CN1CCN(CCO)CC1. The van der Waals surface area contributed by atoms with Gasteiger partial charge in [0.2, 0.25) is 6.41 Å². The van der Waals surface area contributed by atoms with Gasteiger partial charge in [0.1, 0.15) is 0 Å². The van der Waals surface area contributed by atoms with Crippen molar-refractivity contribution in [1.82, 2.24) is 14.8 Å². The summed E-state index contributed by atoms with van der Waals surface area (Å²) < 4.78 is 0. The van der Waals surface area contributed by atoms with Gasteiger partial charge in [-0.3, -0.25) is 19.5 Å². The van der Waals surface area contributed by atoms with Crippen molar-refractivity contribution >= 4 is 41.2 Å². The van der Waals surface area contributed by atoms with Crippen molar-refractivity contribution in [2.75, 3.05) is 44.6 Å². The van der Waals surface area contributed by atoms with Gasteiger partial charge in [0.25, 0.3) is 5.91 Å². The number of hydrogen-bond acceptors (Lipinski definition) is 5. The van der Waals surface area contributed by atoms with Crippen LogP contribution in [0.3, 0.4) is 0 Å². The van der Waals surface area contributed by atoms with Crippen molar-refractivity contribution in [1.29, 1.82) is 0 Å². The van der Waals surface area contributed by atoms with Gasteiger partial charge in [-0.15, -0.1) is 0 Å². The van der Waals surface area contributed by atoms with E-state index in [1.807, 2.05) is 31.2 Å². The standard InChI is InChI=1S/C19H14Cl2N2O.C7H14N2O2/c1-12-5-7-14(17(21)10-12)19(24)23-13-6-8-16(20)15(11-13)18-4-2-3-9-22-18;10-6-5-8-1-3-9(7-11)4-2-8/h2-11H,1H3,(H,23,24);7,10H,1-6H2. The van der Waals surface area contributed by atoms with E-state index >= 15 is 0 Å². The molecule has 0 atom stereocenters. The molecule has 1 fully saturated rings. The van der Waals surface area contributed by atoms with Gasteiger partial charge in [0.05, 0.1) is 27.9 Å². The minimum Gasteiger partial charge on any atom is -0.395 e. The lowest BCUT2D eigenvalue weighted by Gasteiger charge is -2.31. The van der Waals surface area contributed by atoms with E-state index in [2.05, 4.69) is 15.2 Å². The average Bonchev–Trinajstić information content (AvgIpc) is 2.87. The molecule has 0 bridgehead atoms. The summed E-state index contributed by atoms with van der Waals surface area (Å²) >= 11 is 12.4. The maximum absolute atomic E-state index is 12.4. The molecule has 0 spiro atoms. The molecule has 2 N–H and O–H groups in total. The molecular weight excluding hydrogens is 487 g/mol. The van der Waals surface area contributed by atoms with Gasteiger partial charge in [-0.1, -0.05) is 35.3 Å². The fourth-order valence-corrected chi connectivity index (χ4v) is 4.09. The minimum absolute atomic E-state index is 0.209. The number of amides is 2. The lowest BCUT2D eigenvalue weighted by atomic mass is 10.1. The highest BCUT2D eigenvalue weighted by Crippen LogP contribution is 2.29. The second-order valence-corrected chi connectivity index (χ2v) is 8.87. The number of hydrogen-bond donors (Lipinski definition) is 2. The predicted octanol–water partition coefficient (Wildman–Crippen LogP) is 4.37. The van der Waals surface area contributed by atoms with E-state index in [0.717, 1.165) is 56.0 Å². The smallest absolute Gasteiger partial charge is 0.257 e. The van der Waals surface area contributed by atoms with Crippen LogP contribution >= 0.6 is 23.2 Å². The summed E-state index contributed by atoms with van der Waals surface area (Å²) in [6, 6.07) is 16.2. The maximum Gasteiger partial charge on any atom is 0.257 e. The number of rotatable bonds is 6. The number of benzene rings is 2. The predicted molar refractivity (Wildman–Crippen MR) is 140 cm³/mol. The Bertz CT molecular complexity index is 1140. The van der Waals surface area contributed by atoms with Crippen molar-refractivity contribution in [2.45, 2.75) is 6.92 Å². The Morgan fingerprint density at radius 1 is 1.06 bits per heavy atom. The van der Waals surface area contributed by atoms with Crippen molar-refractivity contribution in [3.8, 4) is 11.3 Å². The van der Waals surface area contributed by atoms with Crippen LogP contribution in [0.25, 0.3) is 11.3 Å². The molecule has 2 heterocycles. The molecule has 1 saturated heterocycles. The molecule has 4 rings (SSSR count). The lowest BCUT2D eigenvalue weighted by Crippen LogP contribution is -2.46. The number of aromatic nitrogens is 1. The van der Waals surface area contributed by atoms with E-state index in [0.29, 0.717) is 21.3 Å². The van der Waals surface area contributed by atoms with Crippen LogP contribution in [0.15, 0.2) is 60.8 Å². The van der Waals surface area contributed by atoms with E-state index in [1.165, 1.54) is 0 Å². The Kier molecular flexibility index (Phi) is 10.0. The normalized spacial score (nSPS) is 13.5. The fourth-order valence-electron chi connectivity index (χ4n) is 3.56. The Hall–Kier alpha value is -2.97. The molecule has 2 aromatic carbocycles. The number of piperazine rings is 1. The summed E-state index contributed by atoms with van der Waals surface area (Å²) in [5.74, 6) is -0.269. The number of halogens is 2. The first-order valence-corrected chi connectivity index (χ1v) is 12.0. The molecule has 0 radical (unpaired) electrons. The van der Waals surface area contributed by atoms with Crippen LogP contribution in [-0.4, -0.2) is 71.5 Å². The fraction of sp³-hybridized carbons (Fsp3) is 0.269. The molecule has 184 valence electrons. The van der Waals surface area contributed by atoms with Crippen molar-refractivity contribution < 1.29 is 14.7 Å². The van der Waals surface area contributed by atoms with Gasteiger partial charge in [-0.05, 0) is 55.0 Å². The van der Waals surface area contributed by atoms with E-state index in [1.54, 1.807) is 41.4 Å². The summed E-state index contributed by atoms with van der Waals surface area (Å²) in [5.41, 5.74) is 3.55. The van der Waals surface area contributed by atoms with E-state index in [4.69, 9.17) is 28.3 Å². The molecule has 9 heteroatoms.